The van der Waals surface area contributed by atoms with Crippen molar-refractivity contribution in [3.05, 3.63) is 82.4 Å². The number of carbonyl (C=O) groups excluding carboxylic acids is 1. The number of anilines is 1. The van der Waals surface area contributed by atoms with Crippen molar-refractivity contribution in [3.63, 3.8) is 0 Å². The molecule has 5 aromatic rings. The van der Waals surface area contributed by atoms with Gasteiger partial charge in [-0.2, -0.15) is 5.10 Å². The number of nitrogens with zero attached hydrogens (tertiary/aromatic N) is 5. The number of aryl methyl sites for hydroxylation is 1. The van der Waals surface area contributed by atoms with E-state index < -0.39 is 0 Å². The third-order valence-corrected chi connectivity index (χ3v) is 7.81. The van der Waals surface area contributed by atoms with Crippen molar-refractivity contribution in [2.24, 2.45) is 0 Å². The Balaban J connectivity index is 1.49. The summed E-state index contributed by atoms with van der Waals surface area (Å²) in [6.45, 7) is 3.37. The van der Waals surface area contributed by atoms with Gasteiger partial charge in [-0.3, -0.25) is 9.69 Å². The highest BCUT2D eigenvalue weighted by Crippen LogP contribution is 2.34. The number of rotatable bonds is 8. The lowest BCUT2D eigenvalue weighted by Crippen LogP contribution is -2.33. The number of fused-ring (bicyclic) bond motifs is 1. The fourth-order valence-electron chi connectivity index (χ4n) is 4.00. The molecule has 0 radical (unpaired) electrons. The first-order chi connectivity index (χ1) is 17.4. The summed E-state index contributed by atoms with van der Waals surface area (Å²) >= 11 is 2.87. The quantitative estimate of drug-likeness (QED) is 0.243. The summed E-state index contributed by atoms with van der Waals surface area (Å²) in [6.07, 6.45) is 0.811. The average Bonchev–Trinajstić information content (AvgIpc) is 3.59. The maximum absolute atomic E-state index is 13.8. The summed E-state index contributed by atoms with van der Waals surface area (Å²) in [4.78, 5) is 24.1. The lowest BCUT2D eigenvalue weighted by atomic mass is 10.2. The minimum Gasteiger partial charge on any atom is -0.309 e. The van der Waals surface area contributed by atoms with Crippen LogP contribution in [0.4, 0.5) is 9.52 Å². The van der Waals surface area contributed by atoms with E-state index >= 15 is 0 Å². The minimum absolute atomic E-state index is 0.0750. The second kappa shape index (κ2) is 10.3. The molecule has 0 atom stereocenters. The van der Waals surface area contributed by atoms with Crippen LogP contribution in [-0.4, -0.2) is 52.8 Å². The molecular formula is C27H26FN5OS2. The number of amides is 1. The summed E-state index contributed by atoms with van der Waals surface area (Å²) in [5.41, 5.74) is 3.40. The van der Waals surface area contributed by atoms with E-state index in [1.807, 2.05) is 67.5 Å². The number of hydrogen-bond acceptors (Lipinski definition) is 6. The Morgan fingerprint density at radius 3 is 2.53 bits per heavy atom. The summed E-state index contributed by atoms with van der Waals surface area (Å²) in [7, 11) is 4.04. The molecule has 0 spiro atoms. The molecule has 0 aliphatic rings. The van der Waals surface area contributed by atoms with Crippen LogP contribution in [0.5, 0.6) is 0 Å². The van der Waals surface area contributed by atoms with Gasteiger partial charge in [0, 0.05) is 22.9 Å². The van der Waals surface area contributed by atoms with Crippen LogP contribution >= 0.6 is 22.7 Å². The van der Waals surface area contributed by atoms with E-state index in [1.54, 1.807) is 17.0 Å². The third kappa shape index (κ3) is 4.95. The van der Waals surface area contributed by atoms with E-state index in [2.05, 4.69) is 4.90 Å². The van der Waals surface area contributed by atoms with Crippen LogP contribution in [0.1, 0.15) is 21.8 Å². The zero-order valence-electron chi connectivity index (χ0n) is 20.3. The lowest BCUT2D eigenvalue weighted by Gasteiger charge is -2.20. The van der Waals surface area contributed by atoms with Crippen molar-refractivity contribution < 1.29 is 9.18 Å². The van der Waals surface area contributed by atoms with Crippen LogP contribution in [0.3, 0.4) is 0 Å². The van der Waals surface area contributed by atoms with Crippen LogP contribution < -0.4 is 4.90 Å². The molecule has 1 amide bonds. The molecule has 0 fully saturated rings. The Bertz CT molecular complexity index is 1490. The maximum Gasteiger partial charge on any atom is 0.270 e. The van der Waals surface area contributed by atoms with Gasteiger partial charge in [0.1, 0.15) is 10.6 Å². The number of benzene rings is 2. The van der Waals surface area contributed by atoms with Gasteiger partial charge in [0.05, 0.1) is 22.0 Å². The minimum atomic E-state index is -0.288. The zero-order chi connectivity index (χ0) is 25.2. The predicted octanol–water partition coefficient (Wildman–Crippen LogP) is 6.26. The second-order valence-corrected chi connectivity index (χ2v) is 10.7. The van der Waals surface area contributed by atoms with Crippen LogP contribution in [0.2, 0.25) is 0 Å². The second-order valence-electron chi connectivity index (χ2n) is 8.80. The Morgan fingerprint density at radius 2 is 1.81 bits per heavy atom. The molecule has 184 valence electrons. The molecule has 0 unspecified atom stereocenters. The van der Waals surface area contributed by atoms with Gasteiger partial charge in [0.25, 0.3) is 5.91 Å². The number of thiophene rings is 1. The van der Waals surface area contributed by atoms with Crippen LogP contribution in [0.15, 0.2) is 66.0 Å². The highest BCUT2D eigenvalue weighted by Gasteiger charge is 2.25. The Kier molecular flexibility index (Phi) is 6.95. The maximum atomic E-state index is 13.8. The standard InChI is InChI=1S/C27H26FN5OS2/c1-18-22-16-24(36-26(22)33(30-18)21-8-5-4-6-9-21)25(34)32(15-7-14-31(2)3)27-29-23(17-35-27)19-10-12-20(28)13-11-19/h4-6,8-13,16-17H,7,14-15H2,1-3H3. The average molecular weight is 520 g/mol. The first-order valence-electron chi connectivity index (χ1n) is 11.6. The molecule has 9 heteroatoms. The molecule has 0 aliphatic carbocycles. The van der Waals surface area contributed by atoms with E-state index in [0.29, 0.717) is 16.6 Å². The van der Waals surface area contributed by atoms with Crippen LogP contribution in [0.25, 0.3) is 27.2 Å². The van der Waals surface area contributed by atoms with E-state index in [1.165, 1.54) is 34.8 Å². The molecule has 3 aromatic heterocycles. The SMILES string of the molecule is Cc1nn(-c2ccccc2)c2sc(C(=O)N(CCCN(C)C)c3nc(-c4ccc(F)cc4)cs3)cc12. The van der Waals surface area contributed by atoms with Crippen molar-refractivity contribution >= 4 is 43.9 Å². The van der Waals surface area contributed by atoms with Gasteiger partial charge in [-0.1, -0.05) is 18.2 Å². The van der Waals surface area contributed by atoms with Gasteiger partial charge < -0.3 is 4.90 Å². The number of halogens is 1. The Labute approximate surface area is 217 Å². The fourth-order valence-corrected chi connectivity index (χ4v) is 5.99. The topological polar surface area (TPSA) is 54.3 Å². The monoisotopic (exact) mass is 519 g/mol. The van der Waals surface area contributed by atoms with Crippen molar-refractivity contribution in [3.8, 4) is 16.9 Å². The molecule has 0 N–H and O–H groups in total. The first kappa shape index (κ1) is 24.3. The van der Waals surface area contributed by atoms with Gasteiger partial charge >= 0.3 is 0 Å². The highest BCUT2D eigenvalue weighted by molar-refractivity contribution is 7.20. The van der Waals surface area contributed by atoms with Gasteiger partial charge in [-0.25, -0.2) is 14.1 Å². The number of aromatic nitrogens is 3. The van der Waals surface area contributed by atoms with Gasteiger partial charge in [-0.05, 0) is 76.4 Å². The molecular weight excluding hydrogens is 493 g/mol. The zero-order valence-corrected chi connectivity index (χ0v) is 21.9. The Hall–Kier alpha value is -3.40. The molecule has 6 nitrogen and oxygen atoms in total. The molecule has 36 heavy (non-hydrogen) atoms. The first-order valence-corrected chi connectivity index (χ1v) is 13.3. The van der Waals surface area contributed by atoms with Crippen LogP contribution in [-0.2, 0) is 0 Å². The summed E-state index contributed by atoms with van der Waals surface area (Å²) in [6, 6.07) is 18.1. The molecule has 0 aliphatic heterocycles. The molecule has 0 bridgehead atoms. The van der Waals surface area contributed by atoms with Crippen molar-refractivity contribution in [2.45, 2.75) is 13.3 Å². The van der Waals surface area contributed by atoms with Crippen LogP contribution in [0, 0.1) is 12.7 Å². The lowest BCUT2D eigenvalue weighted by molar-refractivity contribution is 0.0990. The smallest absolute Gasteiger partial charge is 0.270 e. The molecule has 3 heterocycles. The van der Waals surface area contributed by atoms with Crippen molar-refractivity contribution in [1.82, 2.24) is 19.7 Å². The van der Waals surface area contributed by atoms with Crippen molar-refractivity contribution in [1.29, 1.82) is 0 Å². The van der Waals surface area contributed by atoms with E-state index in [9.17, 15) is 9.18 Å². The number of para-hydroxylation sites is 1. The van der Waals surface area contributed by atoms with Gasteiger partial charge in [-0.15, -0.1) is 22.7 Å². The largest absolute Gasteiger partial charge is 0.309 e. The highest BCUT2D eigenvalue weighted by atomic mass is 32.1. The molecule has 0 saturated carbocycles. The molecule has 2 aromatic carbocycles. The van der Waals surface area contributed by atoms with E-state index in [0.717, 1.165) is 45.8 Å². The summed E-state index contributed by atoms with van der Waals surface area (Å²) in [5, 5.41) is 8.22. The number of carbonyl (C=O) groups is 1. The molecule has 5 rings (SSSR count). The van der Waals surface area contributed by atoms with E-state index in [4.69, 9.17) is 10.1 Å². The number of thiazole rings is 1. The number of hydrogen-bond donors (Lipinski definition) is 0. The normalized spacial score (nSPS) is 11.5. The predicted molar refractivity (Wildman–Crippen MR) is 146 cm³/mol. The Morgan fingerprint density at radius 1 is 1.06 bits per heavy atom. The summed E-state index contributed by atoms with van der Waals surface area (Å²) < 4.78 is 15.3. The van der Waals surface area contributed by atoms with E-state index in [-0.39, 0.29) is 11.7 Å². The van der Waals surface area contributed by atoms with Crippen molar-refractivity contribution in [2.75, 3.05) is 32.1 Å². The summed E-state index contributed by atoms with van der Waals surface area (Å²) in [5.74, 6) is -0.363. The third-order valence-electron chi connectivity index (χ3n) is 5.85. The fraction of sp³-hybridized carbons (Fsp3) is 0.222. The molecule has 0 saturated heterocycles. The van der Waals surface area contributed by atoms with Gasteiger partial charge in [0.2, 0.25) is 0 Å². The van der Waals surface area contributed by atoms with Gasteiger partial charge in [0.15, 0.2) is 5.13 Å².